The fourth-order valence-corrected chi connectivity index (χ4v) is 4.67. The summed E-state index contributed by atoms with van der Waals surface area (Å²) in [6.07, 6.45) is 8.94. The summed E-state index contributed by atoms with van der Waals surface area (Å²) in [6.45, 7) is 7.39. The first-order valence-electron chi connectivity index (χ1n) is 9.63. The molecule has 1 atom stereocenters. The second kappa shape index (κ2) is 6.17. The summed E-state index contributed by atoms with van der Waals surface area (Å²) >= 11 is 0. The Morgan fingerprint density at radius 1 is 1.17 bits per heavy atom. The number of carbonyl (C=O) groups excluding carboxylic acids is 1. The number of hydrogen-bond donors (Lipinski definition) is 2. The Kier molecular flexibility index (Phi) is 4.15. The second-order valence-corrected chi connectivity index (χ2v) is 8.75. The van der Waals surface area contributed by atoms with Gasteiger partial charge in [0.2, 0.25) is 0 Å². The molecule has 0 aromatic carbocycles. The lowest BCUT2D eigenvalue weighted by atomic mass is 9.88. The van der Waals surface area contributed by atoms with Crippen molar-refractivity contribution in [1.29, 1.82) is 0 Å². The Bertz CT molecular complexity index is 615. The molecule has 1 aromatic heterocycles. The number of fused-ring (bicyclic) bond motifs is 1. The highest BCUT2D eigenvalue weighted by Gasteiger charge is 2.34. The van der Waals surface area contributed by atoms with Crippen LogP contribution in [0.3, 0.4) is 0 Å². The van der Waals surface area contributed by atoms with Crippen LogP contribution in [0.5, 0.6) is 0 Å². The Morgan fingerprint density at radius 2 is 1.96 bits per heavy atom. The highest BCUT2D eigenvalue weighted by atomic mass is 16.1. The molecule has 5 nitrogen and oxygen atoms in total. The molecule has 1 aromatic rings. The van der Waals surface area contributed by atoms with E-state index >= 15 is 0 Å². The van der Waals surface area contributed by atoms with Gasteiger partial charge in [-0.25, -0.2) is 4.98 Å². The van der Waals surface area contributed by atoms with Gasteiger partial charge in [0.25, 0.3) is 5.91 Å². The summed E-state index contributed by atoms with van der Waals surface area (Å²) in [5.74, 6) is 1.47. The van der Waals surface area contributed by atoms with Crippen molar-refractivity contribution in [2.75, 3.05) is 19.6 Å². The number of aromatic nitrogens is 2. The zero-order valence-corrected chi connectivity index (χ0v) is 15.0. The molecule has 1 amide bonds. The first kappa shape index (κ1) is 16.1. The van der Waals surface area contributed by atoms with Gasteiger partial charge in [-0.1, -0.05) is 33.1 Å². The molecule has 2 fully saturated rings. The predicted molar refractivity (Wildman–Crippen MR) is 94.2 cm³/mol. The number of amides is 1. The molecule has 2 N–H and O–H groups in total. The summed E-state index contributed by atoms with van der Waals surface area (Å²) in [5, 5.41) is 3.02. The van der Waals surface area contributed by atoms with Crippen molar-refractivity contribution >= 4 is 5.91 Å². The summed E-state index contributed by atoms with van der Waals surface area (Å²) in [4.78, 5) is 23.2. The normalized spacial score (nSPS) is 28.4. The quantitative estimate of drug-likeness (QED) is 0.876. The lowest BCUT2D eigenvalue weighted by Crippen LogP contribution is -2.34. The van der Waals surface area contributed by atoms with E-state index in [1.54, 1.807) is 0 Å². The Hall–Kier alpha value is -1.36. The van der Waals surface area contributed by atoms with Crippen LogP contribution in [0.4, 0.5) is 0 Å². The van der Waals surface area contributed by atoms with Gasteiger partial charge >= 0.3 is 0 Å². The third-order valence-corrected chi connectivity index (χ3v) is 6.09. The average molecular weight is 330 g/mol. The van der Waals surface area contributed by atoms with Crippen LogP contribution >= 0.6 is 0 Å². The zero-order chi connectivity index (χ0) is 16.7. The van der Waals surface area contributed by atoms with Crippen molar-refractivity contribution in [2.45, 2.75) is 70.8 Å². The van der Waals surface area contributed by atoms with Gasteiger partial charge in [0.1, 0.15) is 11.5 Å². The molecule has 3 aliphatic rings. The Morgan fingerprint density at radius 3 is 2.75 bits per heavy atom. The maximum absolute atomic E-state index is 12.3. The van der Waals surface area contributed by atoms with E-state index in [9.17, 15) is 4.79 Å². The van der Waals surface area contributed by atoms with Crippen LogP contribution < -0.4 is 5.32 Å². The highest BCUT2D eigenvalue weighted by Crippen LogP contribution is 2.33. The zero-order valence-electron chi connectivity index (χ0n) is 15.0. The molecular weight excluding hydrogens is 300 g/mol. The molecule has 0 bridgehead atoms. The molecule has 0 spiro atoms. The number of H-pyrrole nitrogens is 1. The lowest BCUT2D eigenvalue weighted by Gasteiger charge is -2.30. The molecule has 1 aliphatic carbocycles. The number of imidazole rings is 1. The summed E-state index contributed by atoms with van der Waals surface area (Å²) in [5.41, 5.74) is 1.74. The van der Waals surface area contributed by atoms with Gasteiger partial charge in [0.05, 0.1) is 0 Å². The van der Waals surface area contributed by atoms with E-state index in [-0.39, 0.29) is 11.3 Å². The smallest absolute Gasteiger partial charge is 0.271 e. The average Bonchev–Trinajstić information content (AvgIpc) is 3.18. The van der Waals surface area contributed by atoms with Gasteiger partial charge < -0.3 is 10.3 Å². The van der Waals surface area contributed by atoms with Crippen molar-refractivity contribution in [1.82, 2.24) is 20.2 Å². The van der Waals surface area contributed by atoms with E-state index in [2.05, 4.69) is 29.0 Å². The molecule has 0 unspecified atom stereocenters. The topological polar surface area (TPSA) is 61.0 Å². The van der Waals surface area contributed by atoms with Crippen LogP contribution in [0, 0.1) is 5.41 Å². The molecule has 3 heterocycles. The summed E-state index contributed by atoms with van der Waals surface area (Å²) < 4.78 is 0. The van der Waals surface area contributed by atoms with Crippen LogP contribution in [0.1, 0.15) is 80.3 Å². The second-order valence-electron chi connectivity index (χ2n) is 8.75. The molecule has 4 rings (SSSR count). The number of carbonyl (C=O) groups is 1. The number of rotatable bonds is 2. The lowest BCUT2D eigenvalue weighted by molar-refractivity contribution is 0.0940. The molecular formula is C19H30N4O. The van der Waals surface area contributed by atoms with Crippen molar-refractivity contribution in [2.24, 2.45) is 5.41 Å². The van der Waals surface area contributed by atoms with Crippen molar-refractivity contribution in [3.05, 3.63) is 17.2 Å². The van der Waals surface area contributed by atoms with Crippen molar-refractivity contribution < 1.29 is 4.79 Å². The molecule has 2 aliphatic heterocycles. The first-order valence-corrected chi connectivity index (χ1v) is 9.63. The van der Waals surface area contributed by atoms with Crippen molar-refractivity contribution in [3.63, 3.8) is 0 Å². The SMILES string of the molecule is CC1(C)CNC(=O)c2nc([C@@H]3CCN(C4CCCCC4)C3)[nH]c2C1. The van der Waals surface area contributed by atoms with E-state index in [4.69, 9.17) is 4.98 Å². The minimum Gasteiger partial charge on any atom is -0.350 e. The fraction of sp³-hybridized carbons (Fsp3) is 0.789. The van der Waals surface area contributed by atoms with Gasteiger partial charge in [-0.05, 0) is 37.6 Å². The van der Waals surface area contributed by atoms with Crippen LogP contribution in [0.25, 0.3) is 0 Å². The van der Waals surface area contributed by atoms with Gasteiger partial charge in [-0.3, -0.25) is 9.69 Å². The maximum atomic E-state index is 12.3. The van der Waals surface area contributed by atoms with Gasteiger partial charge in [0, 0.05) is 30.7 Å². The first-order chi connectivity index (χ1) is 11.5. The third kappa shape index (κ3) is 3.10. The summed E-state index contributed by atoms with van der Waals surface area (Å²) in [7, 11) is 0. The fourth-order valence-electron chi connectivity index (χ4n) is 4.67. The van der Waals surface area contributed by atoms with Crippen molar-refractivity contribution in [3.8, 4) is 0 Å². The third-order valence-electron chi connectivity index (χ3n) is 6.09. The molecule has 0 radical (unpaired) electrons. The van der Waals surface area contributed by atoms with Crippen LogP contribution in [-0.2, 0) is 6.42 Å². The van der Waals surface area contributed by atoms with Crippen LogP contribution in [0.15, 0.2) is 0 Å². The number of hydrogen-bond acceptors (Lipinski definition) is 3. The molecule has 24 heavy (non-hydrogen) atoms. The minimum absolute atomic E-state index is 0.0137. The Balaban J connectivity index is 1.50. The van der Waals surface area contributed by atoms with E-state index in [1.165, 1.54) is 38.6 Å². The molecule has 1 saturated carbocycles. The van der Waals surface area contributed by atoms with E-state index in [0.29, 0.717) is 18.2 Å². The Labute approximate surface area is 144 Å². The number of nitrogens with zero attached hydrogens (tertiary/aromatic N) is 2. The number of likely N-dealkylation sites (tertiary alicyclic amines) is 1. The standard InChI is InChI=1S/C19H30N4O/c1-19(2)10-15-16(18(24)20-12-19)22-17(21-15)13-8-9-23(11-13)14-6-4-3-5-7-14/h13-14H,3-12H2,1-2H3,(H,20,24)(H,21,22)/t13-/m1/s1. The largest absolute Gasteiger partial charge is 0.350 e. The monoisotopic (exact) mass is 330 g/mol. The van der Waals surface area contributed by atoms with Crippen LogP contribution in [0.2, 0.25) is 0 Å². The van der Waals surface area contributed by atoms with Crippen LogP contribution in [-0.4, -0.2) is 46.5 Å². The van der Waals surface area contributed by atoms with Gasteiger partial charge in [-0.2, -0.15) is 0 Å². The minimum atomic E-state index is -0.0137. The van der Waals surface area contributed by atoms with Gasteiger partial charge in [-0.15, -0.1) is 0 Å². The molecule has 132 valence electrons. The maximum Gasteiger partial charge on any atom is 0.271 e. The summed E-state index contributed by atoms with van der Waals surface area (Å²) in [6, 6.07) is 0.777. The predicted octanol–water partition coefficient (Wildman–Crippen LogP) is 2.84. The number of nitrogens with one attached hydrogen (secondary N) is 2. The number of aromatic amines is 1. The highest BCUT2D eigenvalue weighted by molar-refractivity contribution is 5.94. The van der Waals surface area contributed by atoms with E-state index in [0.717, 1.165) is 36.9 Å². The molecule has 5 heteroatoms. The molecule has 1 saturated heterocycles. The van der Waals surface area contributed by atoms with E-state index < -0.39 is 0 Å². The van der Waals surface area contributed by atoms with Gasteiger partial charge in [0.15, 0.2) is 0 Å². The van der Waals surface area contributed by atoms with E-state index in [1.807, 2.05) is 0 Å².